The molecule has 0 aromatic heterocycles. The average Bonchev–Trinajstić information content (AvgIpc) is 2.38. The number of ether oxygens (including phenoxy) is 2. The van der Waals surface area contributed by atoms with Crippen LogP contribution in [0, 0.1) is 6.92 Å². The van der Waals surface area contributed by atoms with Gasteiger partial charge in [-0.05, 0) is 48.4 Å². The second kappa shape index (κ2) is 5.00. The van der Waals surface area contributed by atoms with Crippen LogP contribution in [-0.4, -0.2) is 14.2 Å². The van der Waals surface area contributed by atoms with Crippen molar-refractivity contribution in [2.75, 3.05) is 20.0 Å². The monoisotopic (exact) mass is 243 g/mol. The van der Waals surface area contributed by atoms with E-state index in [0.29, 0.717) is 0 Å². The fourth-order valence-electron chi connectivity index (χ4n) is 2.01. The van der Waals surface area contributed by atoms with Gasteiger partial charge in [0.15, 0.2) is 0 Å². The molecule has 3 nitrogen and oxygen atoms in total. The van der Waals surface area contributed by atoms with Crippen LogP contribution in [0.1, 0.15) is 5.56 Å². The Balaban J connectivity index is 2.60. The minimum atomic E-state index is 0.762. The topological polar surface area (TPSA) is 44.5 Å². The molecule has 94 valence electrons. The molecule has 0 heterocycles. The molecule has 0 bridgehead atoms. The van der Waals surface area contributed by atoms with E-state index in [1.165, 1.54) is 0 Å². The minimum Gasteiger partial charge on any atom is -0.497 e. The highest BCUT2D eigenvalue weighted by Crippen LogP contribution is 2.35. The molecule has 2 aromatic carbocycles. The van der Waals surface area contributed by atoms with E-state index in [4.69, 9.17) is 15.2 Å². The van der Waals surface area contributed by atoms with Crippen molar-refractivity contribution in [2.24, 2.45) is 0 Å². The summed E-state index contributed by atoms with van der Waals surface area (Å²) in [7, 11) is 3.32. The fraction of sp³-hybridized carbons (Fsp3) is 0.200. The highest BCUT2D eigenvalue weighted by molar-refractivity contribution is 5.76. The van der Waals surface area contributed by atoms with Gasteiger partial charge in [0.2, 0.25) is 0 Å². The molecule has 0 fully saturated rings. The zero-order chi connectivity index (χ0) is 13.1. The molecular formula is C15H17NO2. The lowest BCUT2D eigenvalue weighted by molar-refractivity contribution is 0.404. The number of anilines is 1. The van der Waals surface area contributed by atoms with E-state index in [-0.39, 0.29) is 0 Å². The summed E-state index contributed by atoms with van der Waals surface area (Å²) < 4.78 is 10.7. The number of nitrogens with two attached hydrogens (primary N) is 1. The van der Waals surface area contributed by atoms with Crippen molar-refractivity contribution < 1.29 is 9.47 Å². The maximum Gasteiger partial charge on any atom is 0.126 e. The van der Waals surface area contributed by atoms with Gasteiger partial charge in [-0.2, -0.15) is 0 Å². The van der Waals surface area contributed by atoms with Crippen LogP contribution >= 0.6 is 0 Å². The lowest BCUT2D eigenvalue weighted by Crippen LogP contribution is -1.93. The van der Waals surface area contributed by atoms with Crippen LogP contribution in [0.2, 0.25) is 0 Å². The van der Waals surface area contributed by atoms with E-state index in [2.05, 4.69) is 0 Å². The molecule has 0 saturated carbocycles. The van der Waals surface area contributed by atoms with Crippen LogP contribution in [0.15, 0.2) is 36.4 Å². The summed E-state index contributed by atoms with van der Waals surface area (Å²) in [6, 6.07) is 11.6. The van der Waals surface area contributed by atoms with E-state index in [1.54, 1.807) is 14.2 Å². The summed E-state index contributed by atoms with van der Waals surface area (Å²) >= 11 is 0. The summed E-state index contributed by atoms with van der Waals surface area (Å²) in [4.78, 5) is 0. The molecule has 0 aliphatic rings. The SMILES string of the molecule is COc1ccc(OC)c(-c2ccc(N)cc2C)c1. The first-order valence-electron chi connectivity index (χ1n) is 5.74. The Morgan fingerprint density at radius 3 is 2.28 bits per heavy atom. The van der Waals surface area contributed by atoms with Crippen molar-refractivity contribution in [3.05, 3.63) is 42.0 Å². The van der Waals surface area contributed by atoms with Crippen molar-refractivity contribution in [1.29, 1.82) is 0 Å². The highest BCUT2D eigenvalue weighted by Gasteiger charge is 2.10. The summed E-state index contributed by atoms with van der Waals surface area (Å²) in [6.07, 6.45) is 0. The van der Waals surface area contributed by atoms with Crippen LogP contribution < -0.4 is 15.2 Å². The third-order valence-electron chi connectivity index (χ3n) is 2.95. The Morgan fingerprint density at radius 2 is 1.67 bits per heavy atom. The van der Waals surface area contributed by atoms with Crippen LogP contribution in [0.4, 0.5) is 5.69 Å². The predicted molar refractivity (Wildman–Crippen MR) is 74.1 cm³/mol. The average molecular weight is 243 g/mol. The molecular weight excluding hydrogens is 226 g/mol. The molecule has 0 atom stereocenters. The first-order valence-corrected chi connectivity index (χ1v) is 5.74. The molecule has 0 radical (unpaired) electrons. The summed E-state index contributed by atoms with van der Waals surface area (Å²) in [5.74, 6) is 1.63. The molecule has 0 aliphatic carbocycles. The molecule has 0 spiro atoms. The van der Waals surface area contributed by atoms with Gasteiger partial charge in [-0.15, -0.1) is 0 Å². The molecule has 0 amide bonds. The van der Waals surface area contributed by atoms with E-state index >= 15 is 0 Å². The number of benzene rings is 2. The number of aryl methyl sites for hydroxylation is 1. The van der Waals surface area contributed by atoms with Crippen LogP contribution in [0.5, 0.6) is 11.5 Å². The summed E-state index contributed by atoms with van der Waals surface area (Å²) in [6.45, 7) is 2.03. The Kier molecular flexibility index (Phi) is 3.42. The highest BCUT2D eigenvalue weighted by atomic mass is 16.5. The van der Waals surface area contributed by atoms with Crippen molar-refractivity contribution in [2.45, 2.75) is 6.92 Å². The minimum absolute atomic E-state index is 0.762. The van der Waals surface area contributed by atoms with Crippen LogP contribution in [0.3, 0.4) is 0 Å². The maximum atomic E-state index is 5.78. The van der Waals surface area contributed by atoms with Crippen molar-refractivity contribution in [3.63, 3.8) is 0 Å². The van der Waals surface area contributed by atoms with Crippen LogP contribution in [0.25, 0.3) is 11.1 Å². The van der Waals surface area contributed by atoms with Crippen LogP contribution in [-0.2, 0) is 0 Å². The lowest BCUT2D eigenvalue weighted by Gasteiger charge is -2.13. The summed E-state index contributed by atoms with van der Waals surface area (Å²) in [5.41, 5.74) is 9.76. The Bertz CT molecular complexity index is 564. The molecule has 0 aliphatic heterocycles. The largest absolute Gasteiger partial charge is 0.497 e. The zero-order valence-electron chi connectivity index (χ0n) is 10.9. The first-order chi connectivity index (χ1) is 8.65. The second-order valence-electron chi connectivity index (χ2n) is 4.14. The van der Waals surface area contributed by atoms with Gasteiger partial charge in [0.25, 0.3) is 0 Å². The third kappa shape index (κ3) is 2.25. The van der Waals surface area contributed by atoms with Gasteiger partial charge < -0.3 is 15.2 Å². The molecule has 3 heteroatoms. The van der Waals surface area contributed by atoms with Crippen molar-refractivity contribution in [3.8, 4) is 22.6 Å². The molecule has 2 aromatic rings. The summed E-state index contributed by atoms with van der Waals surface area (Å²) in [5, 5.41) is 0. The van der Waals surface area contributed by atoms with E-state index in [1.807, 2.05) is 43.3 Å². The molecule has 18 heavy (non-hydrogen) atoms. The van der Waals surface area contributed by atoms with Gasteiger partial charge in [-0.25, -0.2) is 0 Å². The third-order valence-corrected chi connectivity index (χ3v) is 2.95. The van der Waals surface area contributed by atoms with Crippen molar-refractivity contribution in [1.82, 2.24) is 0 Å². The van der Waals surface area contributed by atoms with Gasteiger partial charge in [-0.3, -0.25) is 0 Å². The number of methoxy groups -OCH3 is 2. The second-order valence-corrected chi connectivity index (χ2v) is 4.14. The normalized spacial score (nSPS) is 10.2. The standard InChI is InChI=1S/C15H17NO2/c1-10-8-11(16)4-6-13(10)14-9-12(17-2)5-7-15(14)18-3/h4-9H,16H2,1-3H3. The van der Waals surface area contributed by atoms with Crippen molar-refractivity contribution >= 4 is 5.69 Å². The van der Waals surface area contributed by atoms with Gasteiger partial charge in [-0.1, -0.05) is 6.07 Å². The number of rotatable bonds is 3. The number of hydrogen-bond donors (Lipinski definition) is 1. The van der Waals surface area contributed by atoms with E-state index < -0.39 is 0 Å². The van der Waals surface area contributed by atoms with E-state index in [0.717, 1.165) is 33.9 Å². The number of hydrogen-bond acceptors (Lipinski definition) is 3. The first kappa shape index (κ1) is 12.3. The molecule has 0 saturated heterocycles. The molecule has 2 rings (SSSR count). The predicted octanol–water partition coefficient (Wildman–Crippen LogP) is 3.26. The fourth-order valence-corrected chi connectivity index (χ4v) is 2.01. The Morgan fingerprint density at radius 1 is 0.889 bits per heavy atom. The van der Waals surface area contributed by atoms with Gasteiger partial charge in [0.05, 0.1) is 14.2 Å². The quantitative estimate of drug-likeness (QED) is 0.841. The Hall–Kier alpha value is -2.16. The smallest absolute Gasteiger partial charge is 0.126 e. The van der Waals surface area contributed by atoms with Gasteiger partial charge in [0.1, 0.15) is 11.5 Å². The number of nitrogen functional groups attached to an aromatic ring is 1. The molecule has 2 N–H and O–H groups in total. The maximum absolute atomic E-state index is 5.78. The van der Waals surface area contributed by atoms with Gasteiger partial charge in [0, 0.05) is 11.3 Å². The lowest BCUT2D eigenvalue weighted by atomic mass is 9.99. The molecule has 0 unspecified atom stereocenters. The van der Waals surface area contributed by atoms with Gasteiger partial charge >= 0.3 is 0 Å². The zero-order valence-corrected chi connectivity index (χ0v) is 10.9. The Labute approximate surface area is 107 Å². The van der Waals surface area contributed by atoms with E-state index in [9.17, 15) is 0 Å².